The number of hydrogen-bond acceptors (Lipinski definition) is 5. The minimum atomic E-state index is -0.680. The average Bonchev–Trinajstić information content (AvgIpc) is 2.20. The molecule has 0 radical (unpaired) electrons. The number of hydroxylamine groups is 2. The summed E-state index contributed by atoms with van der Waals surface area (Å²) in [7, 11) is 1.29. The van der Waals surface area contributed by atoms with Crippen LogP contribution < -0.4 is 0 Å². The molecule has 80 valence electrons. The quantitative estimate of drug-likeness (QED) is 0.475. The second-order valence-corrected chi connectivity index (χ2v) is 3.10. The molecule has 0 saturated carbocycles. The molecule has 5 heteroatoms. The predicted octanol–water partition coefficient (Wildman–Crippen LogP) is 0.00190. The van der Waals surface area contributed by atoms with Crippen LogP contribution in [-0.4, -0.2) is 43.6 Å². The van der Waals surface area contributed by atoms with Crippen LogP contribution in [0.1, 0.15) is 13.3 Å². The molecule has 1 atom stereocenters. The van der Waals surface area contributed by atoms with Gasteiger partial charge < -0.3 is 4.74 Å². The summed E-state index contributed by atoms with van der Waals surface area (Å²) in [6, 6.07) is 0. The van der Waals surface area contributed by atoms with Crippen molar-refractivity contribution in [1.82, 2.24) is 5.06 Å². The third-order valence-corrected chi connectivity index (χ3v) is 2.18. The van der Waals surface area contributed by atoms with Gasteiger partial charge >= 0.3 is 5.97 Å². The Hall–Kier alpha value is -0.940. The zero-order valence-electron chi connectivity index (χ0n) is 8.49. The molecule has 0 aromatic rings. The molecule has 1 rings (SSSR count). The lowest BCUT2D eigenvalue weighted by Gasteiger charge is -2.28. The lowest BCUT2D eigenvalue weighted by atomic mass is 9.98. The molecular weight excluding hydrogens is 186 g/mol. The molecule has 14 heavy (non-hydrogen) atoms. The highest BCUT2D eigenvalue weighted by molar-refractivity contribution is 5.99. The van der Waals surface area contributed by atoms with Gasteiger partial charge in [0.2, 0.25) is 0 Å². The molecule has 0 spiro atoms. The number of methoxy groups -OCH3 is 1. The van der Waals surface area contributed by atoms with E-state index in [-0.39, 0.29) is 5.78 Å². The Morgan fingerprint density at radius 1 is 1.64 bits per heavy atom. The van der Waals surface area contributed by atoms with E-state index in [0.717, 1.165) is 0 Å². The topological polar surface area (TPSA) is 55.8 Å². The second kappa shape index (κ2) is 5.07. The zero-order valence-corrected chi connectivity index (χ0v) is 8.49. The Kier molecular flexibility index (Phi) is 4.03. The highest BCUT2D eigenvalue weighted by atomic mass is 16.7. The third-order valence-electron chi connectivity index (χ3n) is 2.18. The van der Waals surface area contributed by atoms with Gasteiger partial charge in [0.05, 0.1) is 13.7 Å². The molecule has 5 nitrogen and oxygen atoms in total. The summed E-state index contributed by atoms with van der Waals surface area (Å²) in [5.74, 6) is -1.22. The molecule has 1 aliphatic heterocycles. The summed E-state index contributed by atoms with van der Waals surface area (Å²) < 4.78 is 4.54. The average molecular weight is 201 g/mol. The van der Waals surface area contributed by atoms with Crippen molar-refractivity contribution in [2.75, 3.05) is 26.8 Å². The molecule has 0 amide bonds. The van der Waals surface area contributed by atoms with Gasteiger partial charge in [-0.25, -0.2) is 0 Å². The fourth-order valence-corrected chi connectivity index (χ4v) is 1.45. The van der Waals surface area contributed by atoms with Crippen molar-refractivity contribution in [3.05, 3.63) is 0 Å². The van der Waals surface area contributed by atoms with E-state index in [4.69, 9.17) is 4.84 Å². The van der Waals surface area contributed by atoms with Crippen molar-refractivity contribution in [2.45, 2.75) is 13.3 Å². The van der Waals surface area contributed by atoms with Crippen molar-refractivity contribution in [2.24, 2.45) is 5.92 Å². The molecule has 1 aliphatic rings. The minimum Gasteiger partial charge on any atom is -0.468 e. The number of rotatable bonds is 3. The summed E-state index contributed by atoms with van der Waals surface area (Å²) in [6.45, 7) is 3.27. The molecule has 1 heterocycles. The molecular formula is C9H15NO4. The van der Waals surface area contributed by atoms with E-state index >= 15 is 0 Å². The second-order valence-electron chi connectivity index (χ2n) is 3.10. The Balaban J connectivity index is 2.55. The molecule has 0 aromatic carbocycles. The molecule has 0 N–H and O–H groups in total. The number of ether oxygens (including phenoxy) is 1. The van der Waals surface area contributed by atoms with Crippen LogP contribution in [-0.2, 0) is 19.2 Å². The van der Waals surface area contributed by atoms with Gasteiger partial charge in [-0.15, -0.1) is 0 Å². The summed E-state index contributed by atoms with van der Waals surface area (Å²) >= 11 is 0. The molecule has 0 aromatic heterocycles. The summed E-state index contributed by atoms with van der Waals surface area (Å²) in [5.41, 5.74) is 0. The normalized spacial score (nSPS) is 23.6. The van der Waals surface area contributed by atoms with E-state index in [2.05, 4.69) is 4.74 Å². The highest BCUT2D eigenvalue weighted by Crippen LogP contribution is 2.14. The molecule has 0 bridgehead atoms. The Labute approximate surface area is 82.9 Å². The third kappa shape index (κ3) is 2.52. The molecule has 1 fully saturated rings. The van der Waals surface area contributed by atoms with Crippen molar-refractivity contribution >= 4 is 11.8 Å². The number of hydrogen-bond donors (Lipinski definition) is 0. The number of ketones is 1. The van der Waals surface area contributed by atoms with Gasteiger partial charge in [-0.2, -0.15) is 5.06 Å². The van der Waals surface area contributed by atoms with E-state index in [0.29, 0.717) is 26.1 Å². The standard InChI is InChI=1S/C9H15NO4/c1-3-14-10-5-4-8(11)7(6-10)9(12)13-2/h7H,3-6H2,1-2H3. The SMILES string of the molecule is CCON1CCC(=O)C(C(=O)OC)C1. The molecule has 1 saturated heterocycles. The van der Waals surface area contributed by atoms with Gasteiger partial charge in [-0.3, -0.25) is 14.4 Å². The van der Waals surface area contributed by atoms with Crippen LogP contribution in [0.25, 0.3) is 0 Å². The van der Waals surface area contributed by atoms with E-state index in [1.165, 1.54) is 7.11 Å². The number of Topliss-reactive ketones (excluding diaryl/α,β-unsaturated/α-hetero) is 1. The lowest BCUT2D eigenvalue weighted by Crippen LogP contribution is -2.44. The van der Waals surface area contributed by atoms with Crippen LogP contribution in [0, 0.1) is 5.92 Å². The first-order chi connectivity index (χ1) is 6.69. The Bertz CT molecular complexity index is 221. The summed E-state index contributed by atoms with van der Waals surface area (Å²) in [5, 5.41) is 1.64. The number of carbonyl (C=O) groups is 2. The monoisotopic (exact) mass is 201 g/mol. The van der Waals surface area contributed by atoms with Crippen LogP contribution >= 0.6 is 0 Å². The van der Waals surface area contributed by atoms with Crippen LogP contribution in [0.4, 0.5) is 0 Å². The summed E-state index contributed by atoms with van der Waals surface area (Å²) in [4.78, 5) is 27.8. The maximum Gasteiger partial charge on any atom is 0.317 e. The molecule has 0 aliphatic carbocycles. The van der Waals surface area contributed by atoms with Crippen molar-refractivity contribution in [1.29, 1.82) is 0 Å². The van der Waals surface area contributed by atoms with Crippen LogP contribution in [0.5, 0.6) is 0 Å². The van der Waals surface area contributed by atoms with Gasteiger partial charge in [0.1, 0.15) is 11.7 Å². The number of carbonyl (C=O) groups excluding carboxylic acids is 2. The first kappa shape index (κ1) is 11.1. The number of nitrogens with zero attached hydrogens (tertiary/aromatic N) is 1. The van der Waals surface area contributed by atoms with Gasteiger partial charge in [0, 0.05) is 19.5 Å². The van der Waals surface area contributed by atoms with Crippen LogP contribution in [0.3, 0.4) is 0 Å². The zero-order chi connectivity index (χ0) is 10.6. The number of piperidine rings is 1. The van der Waals surface area contributed by atoms with Crippen LogP contribution in [0.2, 0.25) is 0 Å². The van der Waals surface area contributed by atoms with E-state index in [9.17, 15) is 9.59 Å². The lowest BCUT2D eigenvalue weighted by molar-refractivity contribution is -0.186. The van der Waals surface area contributed by atoms with Crippen LogP contribution in [0.15, 0.2) is 0 Å². The minimum absolute atomic E-state index is 0.0622. The highest BCUT2D eigenvalue weighted by Gasteiger charge is 2.33. The first-order valence-electron chi connectivity index (χ1n) is 4.67. The van der Waals surface area contributed by atoms with E-state index in [1.807, 2.05) is 6.92 Å². The van der Waals surface area contributed by atoms with Gasteiger partial charge in [0.15, 0.2) is 0 Å². The van der Waals surface area contributed by atoms with Gasteiger partial charge in [-0.1, -0.05) is 0 Å². The maximum atomic E-state index is 11.4. The fraction of sp³-hybridized carbons (Fsp3) is 0.778. The first-order valence-corrected chi connectivity index (χ1v) is 4.67. The van der Waals surface area contributed by atoms with Crippen molar-refractivity contribution in [3.63, 3.8) is 0 Å². The largest absolute Gasteiger partial charge is 0.468 e. The Morgan fingerprint density at radius 3 is 2.93 bits per heavy atom. The van der Waals surface area contributed by atoms with Gasteiger partial charge in [-0.05, 0) is 6.92 Å². The van der Waals surface area contributed by atoms with Crippen molar-refractivity contribution < 1.29 is 19.2 Å². The smallest absolute Gasteiger partial charge is 0.317 e. The van der Waals surface area contributed by atoms with E-state index < -0.39 is 11.9 Å². The maximum absolute atomic E-state index is 11.4. The van der Waals surface area contributed by atoms with E-state index in [1.54, 1.807) is 5.06 Å². The molecule has 1 unspecified atom stereocenters. The van der Waals surface area contributed by atoms with Gasteiger partial charge in [0.25, 0.3) is 0 Å². The summed E-state index contributed by atoms with van der Waals surface area (Å²) in [6.07, 6.45) is 0.347. The predicted molar refractivity (Wildman–Crippen MR) is 48.3 cm³/mol. The number of esters is 1. The van der Waals surface area contributed by atoms with Crippen molar-refractivity contribution in [3.8, 4) is 0 Å². The Morgan fingerprint density at radius 2 is 2.36 bits per heavy atom. The fourth-order valence-electron chi connectivity index (χ4n) is 1.45.